The molecule has 3 aromatic carbocycles. The minimum Gasteiger partial charge on any atom is -0.406 e. The number of likely N-dealkylation sites (tertiary alicyclic amines) is 1. The monoisotopic (exact) mass is 522 g/mol. The highest BCUT2D eigenvalue weighted by Crippen LogP contribution is 2.31. The zero-order valence-corrected chi connectivity index (χ0v) is 20.2. The van der Waals surface area contributed by atoms with Gasteiger partial charge in [0.1, 0.15) is 12.1 Å². The number of rotatable bonds is 8. The Morgan fingerprint density at radius 2 is 1.61 bits per heavy atom. The van der Waals surface area contributed by atoms with Crippen molar-refractivity contribution in [3.63, 3.8) is 0 Å². The number of halogens is 3. The maximum atomic E-state index is 13.8. The Morgan fingerprint density at radius 3 is 2.16 bits per heavy atom. The Bertz CT molecular complexity index is 1280. The average molecular weight is 523 g/mol. The van der Waals surface area contributed by atoms with E-state index in [1.54, 1.807) is 16.8 Å². The van der Waals surface area contributed by atoms with Crippen LogP contribution >= 0.6 is 0 Å². The van der Waals surface area contributed by atoms with Gasteiger partial charge in [-0.2, -0.15) is 0 Å². The van der Waals surface area contributed by atoms with Gasteiger partial charge in [-0.05, 0) is 45.7 Å². The van der Waals surface area contributed by atoms with Crippen molar-refractivity contribution < 1.29 is 22.7 Å². The third-order valence-electron chi connectivity index (χ3n) is 6.52. The molecule has 1 amide bonds. The van der Waals surface area contributed by atoms with Gasteiger partial charge >= 0.3 is 6.36 Å². The van der Waals surface area contributed by atoms with Crippen LogP contribution in [0.4, 0.5) is 13.2 Å². The summed E-state index contributed by atoms with van der Waals surface area (Å²) >= 11 is 0. The highest BCUT2D eigenvalue weighted by Gasteiger charge is 2.39. The number of amides is 1. The summed E-state index contributed by atoms with van der Waals surface area (Å²) in [6, 6.07) is 24.1. The molecule has 0 bridgehead atoms. The van der Waals surface area contributed by atoms with Crippen molar-refractivity contribution in [2.45, 2.75) is 37.5 Å². The van der Waals surface area contributed by atoms with E-state index in [2.05, 4.69) is 25.6 Å². The number of carbonyl (C=O) groups excluding carboxylic acids is 1. The van der Waals surface area contributed by atoms with Crippen molar-refractivity contribution in [1.82, 2.24) is 30.4 Å². The minimum absolute atomic E-state index is 0.138. The fourth-order valence-electron chi connectivity index (χ4n) is 4.77. The summed E-state index contributed by atoms with van der Waals surface area (Å²) in [5.74, 6) is -0.451. The van der Waals surface area contributed by atoms with Gasteiger partial charge in [0.05, 0.1) is 18.1 Å². The van der Waals surface area contributed by atoms with E-state index in [9.17, 15) is 18.0 Å². The van der Waals surface area contributed by atoms with Gasteiger partial charge in [-0.15, -0.1) is 18.3 Å². The van der Waals surface area contributed by atoms with E-state index in [1.165, 1.54) is 18.5 Å². The van der Waals surface area contributed by atoms with Gasteiger partial charge in [-0.3, -0.25) is 9.69 Å². The van der Waals surface area contributed by atoms with Crippen molar-refractivity contribution in [2.24, 2.45) is 0 Å². The molecule has 2 atom stereocenters. The summed E-state index contributed by atoms with van der Waals surface area (Å²) in [6.07, 6.45) is -2.77. The Hall–Kier alpha value is -4.25. The number of nitrogens with one attached hydrogen (secondary N) is 1. The second kappa shape index (κ2) is 11.0. The van der Waals surface area contributed by atoms with Crippen LogP contribution in [0.3, 0.4) is 0 Å². The van der Waals surface area contributed by atoms with E-state index in [0.717, 1.165) is 16.7 Å². The van der Waals surface area contributed by atoms with Crippen LogP contribution in [0.15, 0.2) is 91.3 Å². The van der Waals surface area contributed by atoms with Crippen LogP contribution in [0, 0.1) is 0 Å². The molecule has 4 aromatic rings. The first-order valence-corrected chi connectivity index (χ1v) is 12.1. The quantitative estimate of drug-likeness (QED) is 0.372. The Balaban J connectivity index is 1.37. The molecule has 2 heterocycles. The number of nitrogens with zero attached hydrogens (tertiary/aromatic N) is 5. The number of carbonyl (C=O) groups is 1. The molecular weight excluding hydrogens is 497 g/mol. The fraction of sp³-hybridized carbons (Fsp3) is 0.259. The first-order chi connectivity index (χ1) is 18.4. The topological polar surface area (TPSA) is 85.2 Å². The molecule has 0 aliphatic carbocycles. The number of benzene rings is 3. The van der Waals surface area contributed by atoms with E-state index < -0.39 is 12.4 Å². The molecule has 1 fully saturated rings. The first kappa shape index (κ1) is 25.4. The summed E-state index contributed by atoms with van der Waals surface area (Å²) in [4.78, 5) is 15.8. The van der Waals surface area contributed by atoms with Crippen molar-refractivity contribution in [3.05, 3.63) is 108 Å². The van der Waals surface area contributed by atoms with Crippen molar-refractivity contribution in [3.8, 4) is 5.75 Å². The second-order valence-corrected chi connectivity index (χ2v) is 9.08. The summed E-state index contributed by atoms with van der Waals surface area (Å²) in [5, 5.41) is 14.7. The Morgan fingerprint density at radius 1 is 0.974 bits per heavy atom. The molecule has 1 aliphatic heterocycles. The SMILES string of the molecule is O=C(NC(c1ccccc1)c1ccccc1)[C@@H]1C[C@@H](n2cnnn2)CN1Cc1ccc(OC(F)(F)F)cc1. The molecular formula is C27H25F3N6O2. The molecule has 0 spiro atoms. The molecule has 11 heteroatoms. The summed E-state index contributed by atoms with van der Waals surface area (Å²) in [7, 11) is 0. The van der Waals surface area contributed by atoms with Crippen LogP contribution in [0.2, 0.25) is 0 Å². The predicted molar refractivity (Wildman–Crippen MR) is 132 cm³/mol. The van der Waals surface area contributed by atoms with E-state index in [-0.39, 0.29) is 23.7 Å². The normalized spacial score (nSPS) is 18.0. The molecule has 1 aliphatic rings. The zero-order valence-electron chi connectivity index (χ0n) is 20.2. The fourth-order valence-corrected chi connectivity index (χ4v) is 4.77. The maximum Gasteiger partial charge on any atom is 0.573 e. The number of aromatic nitrogens is 4. The zero-order chi connectivity index (χ0) is 26.5. The first-order valence-electron chi connectivity index (χ1n) is 12.1. The van der Waals surface area contributed by atoms with Crippen LogP contribution in [0.5, 0.6) is 5.75 Å². The van der Waals surface area contributed by atoms with Gasteiger partial charge in [0, 0.05) is 13.1 Å². The molecule has 38 heavy (non-hydrogen) atoms. The number of ether oxygens (including phenoxy) is 1. The van der Waals surface area contributed by atoms with Crippen molar-refractivity contribution >= 4 is 5.91 Å². The lowest BCUT2D eigenvalue weighted by atomic mass is 9.98. The molecule has 5 rings (SSSR count). The molecule has 1 N–H and O–H groups in total. The predicted octanol–water partition coefficient (Wildman–Crippen LogP) is 4.29. The van der Waals surface area contributed by atoms with Crippen molar-refractivity contribution in [2.75, 3.05) is 6.54 Å². The largest absolute Gasteiger partial charge is 0.573 e. The summed E-state index contributed by atoms with van der Waals surface area (Å²) in [6.45, 7) is 0.843. The van der Waals surface area contributed by atoms with Crippen molar-refractivity contribution in [1.29, 1.82) is 0 Å². The van der Waals surface area contributed by atoms with Gasteiger partial charge in [-0.25, -0.2) is 4.68 Å². The maximum absolute atomic E-state index is 13.8. The molecule has 1 saturated heterocycles. The van der Waals surface area contributed by atoms with Gasteiger partial charge in [0.25, 0.3) is 0 Å². The summed E-state index contributed by atoms with van der Waals surface area (Å²) in [5.41, 5.74) is 2.65. The van der Waals surface area contributed by atoms with Gasteiger partial charge in [0.15, 0.2) is 0 Å². The van der Waals surface area contributed by atoms with Crippen LogP contribution in [-0.2, 0) is 11.3 Å². The molecule has 0 saturated carbocycles. The smallest absolute Gasteiger partial charge is 0.406 e. The van der Waals surface area contributed by atoms with E-state index in [0.29, 0.717) is 19.5 Å². The molecule has 0 unspecified atom stereocenters. The molecule has 8 nitrogen and oxygen atoms in total. The lowest BCUT2D eigenvalue weighted by molar-refractivity contribution is -0.274. The number of tetrazole rings is 1. The van der Waals surface area contributed by atoms with Gasteiger partial charge in [0.2, 0.25) is 5.91 Å². The summed E-state index contributed by atoms with van der Waals surface area (Å²) < 4.78 is 43.2. The molecule has 0 radical (unpaired) electrons. The third kappa shape index (κ3) is 6.17. The number of alkyl halides is 3. The number of hydrogen-bond donors (Lipinski definition) is 1. The van der Waals surface area contributed by atoms with Crippen LogP contribution in [0.25, 0.3) is 0 Å². The average Bonchev–Trinajstić information content (AvgIpc) is 3.59. The standard InChI is InChI=1S/C27H25F3N6O2/c28-27(29,30)38-23-13-11-19(12-14-23)16-35-17-22(36-18-31-33-34-36)15-24(35)26(37)32-25(20-7-3-1-4-8-20)21-9-5-2-6-10-21/h1-14,18,22,24-25H,15-17H2,(H,32,37)/t22-,24+/m1/s1. The van der Waals surface area contributed by atoms with E-state index in [1.807, 2.05) is 65.6 Å². The van der Waals surface area contributed by atoms with Crippen LogP contribution in [0.1, 0.15) is 35.2 Å². The molecule has 1 aromatic heterocycles. The van der Waals surface area contributed by atoms with Crippen LogP contribution in [-0.4, -0.2) is 50.0 Å². The van der Waals surface area contributed by atoms with Gasteiger partial charge < -0.3 is 10.1 Å². The highest BCUT2D eigenvalue weighted by molar-refractivity contribution is 5.83. The lowest BCUT2D eigenvalue weighted by Gasteiger charge is -2.27. The van der Waals surface area contributed by atoms with Gasteiger partial charge in [-0.1, -0.05) is 72.8 Å². The van der Waals surface area contributed by atoms with Crippen LogP contribution < -0.4 is 10.1 Å². The van der Waals surface area contributed by atoms with E-state index in [4.69, 9.17) is 0 Å². The Kier molecular flexibility index (Phi) is 7.36. The lowest BCUT2D eigenvalue weighted by Crippen LogP contribution is -2.44. The highest BCUT2D eigenvalue weighted by atomic mass is 19.4. The Labute approximate surface area is 217 Å². The number of hydrogen-bond acceptors (Lipinski definition) is 6. The third-order valence-corrected chi connectivity index (χ3v) is 6.52. The minimum atomic E-state index is -4.76. The second-order valence-electron chi connectivity index (χ2n) is 9.08. The molecule has 196 valence electrons. The van der Waals surface area contributed by atoms with E-state index >= 15 is 0 Å².